The van der Waals surface area contributed by atoms with Gasteiger partial charge in [-0.3, -0.25) is 0 Å². The van der Waals surface area contributed by atoms with Crippen LogP contribution in [-0.4, -0.2) is 18.8 Å². The van der Waals surface area contributed by atoms with Crippen molar-refractivity contribution < 1.29 is 9.15 Å². The molecule has 3 nitrogen and oxygen atoms in total. The van der Waals surface area contributed by atoms with Crippen LogP contribution < -0.4 is 5.32 Å². The Labute approximate surface area is 123 Å². The molecule has 1 aromatic carbocycles. The zero-order chi connectivity index (χ0) is 13.5. The number of rotatable bonds is 4. The highest BCUT2D eigenvalue weighted by atomic mass is 35.5. The van der Waals surface area contributed by atoms with Crippen molar-refractivity contribution in [2.75, 3.05) is 6.61 Å². The van der Waals surface area contributed by atoms with Crippen LogP contribution in [0.5, 0.6) is 0 Å². The molecule has 2 fully saturated rings. The zero-order valence-electron chi connectivity index (χ0n) is 11.3. The van der Waals surface area contributed by atoms with Crippen LogP contribution in [0.4, 0.5) is 0 Å². The molecule has 4 heteroatoms. The van der Waals surface area contributed by atoms with Crippen molar-refractivity contribution in [3.8, 4) is 0 Å². The number of benzene rings is 1. The van der Waals surface area contributed by atoms with Crippen molar-refractivity contribution in [3.63, 3.8) is 0 Å². The Morgan fingerprint density at radius 2 is 2.05 bits per heavy atom. The van der Waals surface area contributed by atoms with Crippen molar-refractivity contribution in [1.82, 2.24) is 5.32 Å². The van der Waals surface area contributed by atoms with E-state index in [2.05, 4.69) is 11.4 Å². The Morgan fingerprint density at radius 3 is 2.90 bits per heavy atom. The maximum Gasteiger partial charge on any atom is 0.199 e. The quantitative estimate of drug-likeness (QED) is 0.932. The van der Waals surface area contributed by atoms with Crippen molar-refractivity contribution in [2.24, 2.45) is 5.92 Å². The molecule has 20 heavy (non-hydrogen) atoms. The number of para-hydroxylation sites is 1. The maximum atomic E-state index is 6.23. The molecule has 106 valence electrons. The lowest BCUT2D eigenvalue weighted by atomic mass is 10.1. The highest BCUT2D eigenvalue weighted by Crippen LogP contribution is 2.39. The number of hydrogen-bond donors (Lipinski definition) is 1. The average molecular weight is 292 g/mol. The average Bonchev–Trinajstić information content (AvgIpc) is 3.10. The van der Waals surface area contributed by atoms with Gasteiger partial charge < -0.3 is 14.5 Å². The standard InChI is InChI=1S/C16H18ClNO2/c17-16-12(11-3-1-2-4-14(11)20-16)9-18-13-7-8-19-15(13)10-5-6-10/h1-4,10,13,15,18H,5-9H2. The fourth-order valence-corrected chi connectivity index (χ4v) is 3.44. The van der Waals surface area contributed by atoms with Gasteiger partial charge in [-0.25, -0.2) is 0 Å². The summed E-state index contributed by atoms with van der Waals surface area (Å²) in [6, 6.07) is 8.45. The third kappa shape index (κ3) is 2.24. The van der Waals surface area contributed by atoms with Crippen LogP contribution in [0.2, 0.25) is 5.22 Å². The van der Waals surface area contributed by atoms with Gasteiger partial charge >= 0.3 is 0 Å². The summed E-state index contributed by atoms with van der Waals surface area (Å²) >= 11 is 6.23. The highest BCUT2D eigenvalue weighted by molar-refractivity contribution is 6.30. The van der Waals surface area contributed by atoms with Crippen LogP contribution >= 0.6 is 11.6 Å². The summed E-state index contributed by atoms with van der Waals surface area (Å²) in [5, 5.41) is 5.22. The van der Waals surface area contributed by atoms with Crippen LogP contribution in [0.15, 0.2) is 28.7 Å². The van der Waals surface area contributed by atoms with E-state index >= 15 is 0 Å². The van der Waals surface area contributed by atoms with Gasteiger partial charge in [0.15, 0.2) is 5.22 Å². The molecule has 2 aliphatic rings. The summed E-state index contributed by atoms with van der Waals surface area (Å²) in [6.45, 7) is 1.62. The summed E-state index contributed by atoms with van der Waals surface area (Å²) in [7, 11) is 0. The summed E-state index contributed by atoms with van der Waals surface area (Å²) in [6.07, 6.45) is 4.12. The van der Waals surface area contributed by atoms with E-state index in [-0.39, 0.29) is 0 Å². The third-order valence-corrected chi connectivity index (χ3v) is 4.72. The number of hydrogen-bond acceptors (Lipinski definition) is 3. The minimum Gasteiger partial charge on any atom is -0.444 e. The minimum atomic E-state index is 0.395. The van der Waals surface area contributed by atoms with E-state index in [0.29, 0.717) is 17.4 Å². The van der Waals surface area contributed by atoms with E-state index in [1.807, 2.05) is 18.2 Å². The van der Waals surface area contributed by atoms with Crippen molar-refractivity contribution in [2.45, 2.75) is 38.0 Å². The molecule has 1 saturated carbocycles. The molecule has 0 radical (unpaired) electrons. The Balaban J connectivity index is 1.51. The summed E-state index contributed by atoms with van der Waals surface area (Å²) in [5.41, 5.74) is 1.92. The molecule has 2 atom stereocenters. The van der Waals surface area contributed by atoms with Gasteiger partial charge in [-0.2, -0.15) is 0 Å². The molecule has 2 aromatic rings. The first-order valence-electron chi connectivity index (χ1n) is 7.34. The molecule has 2 unspecified atom stereocenters. The number of halogens is 1. The SMILES string of the molecule is Clc1oc2ccccc2c1CNC1CCOC1C1CC1. The van der Waals surface area contributed by atoms with Crippen LogP contribution in [0, 0.1) is 5.92 Å². The first-order valence-corrected chi connectivity index (χ1v) is 7.71. The van der Waals surface area contributed by atoms with Crippen LogP contribution in [0.3, 0.4) is 0 Å². The monoisotopic (exact) mass is 291 g/mol. The second kappa shape index (κ2) is 5.06. The zero-order valence-corrected chi connectivity index (χ0v) is 12.0. The van der Waals surface area contributed by atoms with Gasteiger partial charge in [-0.05, 0) is 42.8 Å². The van der Waals surface area contributed by atoms with E-state index in [1.54, 1.807) is 0 Å². The van der Waals surface area contributed by atoms with Gasteiger partial charge in [0.25, 0.3) is 0 Å². The maximum absolute atomic E-state index is 6.23. The van der Waals surface area contributed by atoms with Gasteiger partial charge in [-0.15, -0.1) is 0 Å². The highest BCUT2D eigenvalue weighted by Gasteiger charge is 2.40. The summed E-state index contributed by atoms with van der Waals surface area (Å²) in [5.74, 6) is 0.770. The molecule has 1 N–H and O–H groups in total. The summed E-state index contributed by atoms with van der Waals surface area (Å²) in [4.78, 5) is 0. The topological polar surface area (TPSA) is 34.4 Å². The first kappa shape index (κ1) is 12.7. The van der Waals surface area contributed by atoms with Crippen LogP contribution in [0.25, 0.3) is 11.0 Å². The van der Waals surface area contributed by atoms with E-state index in [9.17, 15) is 0 Å². The van der Waals surface area contributed by atoms with Gasteiger partial charge in [0.1, 0.15) is 5.58 Å². The Morgan fingerprint density at radius 1 is 1.20 bits per heavy atom. The normalized spacial score (nSPS) is 26.4. The van der Waals surface area contributed by atoms with E-state index in [1.165, 1.54) is 12.8 Å². The third-order valence-electron chi connectivity index (χ3n) is 4.41. The van der Waals surface area contributed by atoms with Gasteiger partial charge in [0.2, 0.25) is 0 Å². The van der Waals surface area contributed by atoms with Gasteiger partial charge in [0.05, 0.1) is 6.10 Å². The number of furan rings is 1. The number of ether oxygens (including phenoxy) is 1. The molecule has 1 aromatic heterocycles. The van der Waals surface area contributed by atoms with E-state index in [0.717, 1.165) is 42.0 Å². The van der Waals surface area contributed by atoms with E-state index < -0.39 is 0 Å². The lowest BCUT2D eigenvalue weighted by Gasteiger charge is -2.19. The predicted octanol–water partition coefficient (Wildman–Crippen LogP) is 3.74. The molecular formula is C16H18ClNO2. The molecule has 1 aliphatic carbocycles. The van der Waals surface area contributed by atoms with Crippen molar-refractivity contribution >= 4 is 22.6 Å². The minimum absolute atomic E-state index is 0.395. The molecule has 0 spiro atoms. The van der Waals surface area contributed by atoms with Crippen LogP contribution in [0.1, 0.15) is 24.8 Å². The molecule has 2 heterocycles. The molecule has 0 amide bonds. The largest absolute Gasteiger partial charge is 0.444 e. The van der Waals surface area contributed by atoms with Gasteiger partial charge in [-0.1, -0.05) is 18.2 Å². The second-order valence-corrected chi connectivity index (χ2v) is 6.14. The molecule has 0 bridgehead atoms. The Kier molecular flexibility index (Phi) is 3.21. The lowest BCUT2D eigenvalue weighted by molar-refractivity contribution is 0.0809. The van der Waals surface area contributed by atoms with Crippen molar-refractivity contribution in [1.29, 1.82) is 0 Å². The predicted molar refractivity (Wildman–Crippen MR) is 78.9 cm³/mol. The summed E-state index contributed by atoms with van der Waals surface area (Å²) < 4.78 is 11.5. The van der Waals surface area contributed by atoms with Crippen LogP contribution in [-0.2, 0) is 11.3 Å². The molecule has 4 rings (SSSR count). The fraction of sp³-hybridized carbons (Fsp3) is 0.500. The molecule has 1 saturated heterocycles. The first-order chi connectivity index (χ1) is 9.83. The Bertz CT molecular complexity index is 620. The fourth-order valence-electron chi connectivity index (χ4n) is 3.19. The number of fused-ring (bicyclic) bond motifs is 1. The Hall–Kier alpha value is -1.03. The molecular weight excluding hydrogens is 274 g/mol. The smallest absolute Gasteiger partial charge is 0.199 e. The lowest BCUT2D eigenvalue weighted by Crippen LogP contribution is -2.37. The van der Waals surface area contributed by atoms with Gasteiger partial charge in [0, 0.05) is 30.1 Å². The second-order valence-electron chi connectivity index (χ2n) is 5.80. The van der Waals surface area contributed by atoms with E-state index in [4.69, 9.17) is 20.8 Å². The number of nitrogens with one attached hydrogen (secondary N) is 1. The molecule has 1 aliphatic heterocycles. The van der Waals surface area contributed by atoms with Crippen molar-refractivity contribution in [3.05, 3.63) is 35.0 Å².